The van der Waals surface area contributed by atoms with E-state index in [-0.39, 0.29) is 0 Å². The van der Waals surface area contributed by atoms with Crippen molar-refractivity contribution in [3.05, 3.63) is 87.1 Å². The molecule has 1 aromatic heterocycles. The molecule has 0 fully saturated rings. The summed E-state index contributed by atoms with van der Waals surface area (Å²) >= 11 is 7.31. The fourth-order valence-corrected chi connectivity index (χ4v) is 3.01. The third kappa shape index (κ3) is 4.36. The number of nitrogens with zero attached hydrogens (tertiary/aromatic N) is 1. The van der Waals surface area contributed by atoms with Crippen LogP contribution in [-0.4, -0.2) is 5.97 Å². The number of halogens is 1. The van der Waals surface area contributed by atoms with E-state index in [1.54, 1.807) is 54.6 Å². The summed E-state index contributed by atoms with van der Waals surface area (Å²) in [5, 5.41) is 11.8. The van der Waals surface area contributed by atoms with Crippen LogP contribution >= 0.6 is 22.9 Å². The summed E-state index contributed by atoms with van der Waals surface area (Å²) in [6.07, 6.45) is 1.73. The van der Waals surface area contributed by atoms with Crippen molar-refractivity contribution in [2.75, 3.05) is 0 Å². The van der Waals surface area contributed by atoms with Gasteiger partial charge in [-0.15, -0.1) is 11.3 Å². The zero-order valence-electron chi connectivity index (χ0n) is 13.0. The van der Waals surface area contributed by atoms with Gasteiger partial charge in [-0.25, -0.2) is 4.79 Å². The zero-order valence-corrected chi connectivity index (χ0v) is 14.6. The lowest BCUT2D eigenvalue weighted by Crippen LogP contribution is -2.06. The highest BCUT2D eigenvalue weighted by Gasteiger charge is 2.09. The van der Waals surface area contributed by atoms with Gasteiger partial charge in [0.1, 0.15) is 10.6 Å². The predicted molar refractivity (Wildman–Crippen MR) is 101 cm³/mol. The number of hydrogen-bond donors (Lipinski definition) is 0. The molecular weight excluding hydrogens is 354 g/mol. The molecule has 3 nitrogen and oxygen atoms in total. The number of thiophene rings is 1. The van der Waals surface area contributed by atoms with E-state index in [0.29, 0.717) is 21.2 Å². The van der Waals surface area contributed by atoms with E-state index in [4.69, 9.17) is 16.3 Å². The van der Waals surface area contributed by atoms with Crippen molar-refractivity contribution in [3.8, 4) is 11.8 Å². The number of esters is 1. The van der Waals surface area contributed by atoms with Crippen LogP contribution in [-0.2, 0) is 0 Å². The number of carbonyl (C=O) groups excluding carboxylic acids is 1. The summed E-state index contributed by atoms with van der Waals surface area (Å²) in [7, 11) is 0. The summed E-state index contributed by atoms with van der Waals surface area (Å²) in [4.78, 5) is 12.6. The molecule has 0 aliphatic heterocycles. The van der Waals surface area contributed by atoms with Gasteiger partial charge in [-0.05, 0) is 52.9 Å². The van der Waals surface area contributed by atoms with Crippen LogP contribution in [0.15, 0.2) is 66.0 Å². The smallest absolute Gasteiger partial charge is 0.353 e. The van der Waals surface area contributed by atoms with Crippen LogP contribution in [0.2, 0.25) is 5.02 Å². The Balaban J connectivity index is 1.85. The van der Waals surface area contributed by atoms with Gasteiger partial charge in [-0.3, -0.25) is 0 Å². The van der Waals surface area contributed by atoms with Gasteiger partial charge in [-0.1, -0.05) is 41.9 Å². The van der Waals surface area contributed by atoms with Crippen molar-refractivity contribution in [1.82, 2.24) is 0 Å². The molecule has 3 rings (SSSR count). The van der Waals surface area contributed by atoms with E-state index in [2.05, 4.69) is 6.07 Å². The highest BCUT2D eigenvalue weighted by Crippen LogP contribution is 2.23. The quantitative estimate of drug-likeness (QED) is 0.258. The molecule has 0 N–H and O–H groups in total. The average molecular weight is 366 g/mol. The maximum Gasteiger partial charge on any atom is 0.353 e. The number of ether oxygens (including phenoxy) is 1. The molecule has 0 radical (unpaired) electrons. The summed E-state index contributed by atoms with van der Waals surface area (Å²) in [6.45, 7) is 0. The monoisotopic (exact) mass is 365 g/mol. The predicted octanol–water partition coefficient (Wildman–Crippen LogP) is 5.68. The first kappa shape index (κ1) is 17.0. The van der Waals surface area contributed by atoms with Crippen LogP contribution in [0, 0.1) is 11.3 Å². The highest BCUT2D eigenvalue weighted by molar-refractivity contribution is 7.12. The largest absolute Gasteiger partial charge is 0.422 e. The maximum absolute atomic E-state index is 12.0. The van der Waals surface area contributed by atoms with Gasteiger partial charge < -0.3 is 4.74 Å². The number of rotatable bonds is 4. The van der Waals surface area contributed by atoms with Crippen LogP contribution in [0.3, 0.4) is 0 Å². The summed E-state index contributed by atoms with van der Waals surface area (Å²) in [5.41, 5.74) is 1.97. The Kier molecular flexibility index (Phi) is 5.30. The molecule has 122 valence electrons. The molecule has 3 aromatic rings. The van der Waals surface area contributed by atoms with E-state index in [1.165, 1.54) is 11.3 Å². The molecule has 1 heterocycles. The third-order valence-electron chi connectivity index (χ3n) is 3.36. The molecule has 25 heavy (non-hydrogen) atoms. The normalized spacial score (nSPS) is 11.0. The minimum absolute atomic E-state index is 0.397. The molecule has 2 aromatic carbocycles. The van der Waals surface area contributed by atoms with Crippen LogP contribution in [0.1, 0.15) is 20.8 Å². The lowest BCUT2D eigenvalue weighted by Gasteiger charge is -2.05. The van der Waals surface area contributed by atoms with E-state index in [0.717, 1.165) is 11.1 Å². The van der Waals surface area contributed by atoms with Gasteiger partial charge in [0.25, 0.3) is 0 Å². The van der Waals surface area contributed by atoms with E-state index in [9.17, 15) is 10.1 Å². The number of carbonyl (C=O) groups is 1. The number of allylic oxidation sites excluding steroid dienone is 1. The summed E-state index contributed by atoms with van der Waals surface area (Å²) < 4.78 is 5.38. The average Bonchev–Trinajstić information content (AvgIpc) is 3.15. The number of hydrogen-bond acceptors (Lipinski definition) is 4. The molecule has 0 bridgehead atoms. The summed E-state index contributed by atoms with van der Waals surface area (Å²) in [5.74, 6) is 0.0296. The van der Waals surface area contributed by atoms with Gasteiger partial charge in [0.15, 0.2) is 0 Å². The molecular formula is C20H12ClNO2S. The van der Waals surface area contributed by atoms with Crippen molar-refractivity contribution in [1.29, 1.82) is 5.26 Å². The van der Waals surface area contributed by atoms with Crippen LogP contribution in [0.25, 0.3) is 11.6 Å². The van der Waals surface area contributed by atoms with Gasteiger partial charge in [-0.2, -0.15) is 5.26 Å². The molecule has 0 saturated carbocycles. The Morgan fingerprint density at radius 1 is 1.12 bits per heavy atom. The van der Waals surface area contributed by atoms with Gasteiger partial charge in [0.05, 0.1) is 11.6 Å². The molecule has 5 heteroatoms. The zero-order chi connectivity index (χ0) is 17.6. The summed E-state index contributed by atoms with van der Waals surface area (Å²) in [6, 6.07) is 19.8. The van der Waals surface area contributed by atoms with Crippen molar-refractivity contribution in [2.45, 2.75) is 0 Å². The minimum atomic E-state index is -0.397. The first-order valence-electron chi connectivity index (χ1n) is 7.39. The van der Waals surface area contributed by atoms with E-state index >= 15 is 0 Å². The fraction of sp³-hybridized carbons (Fsp3) is 0. The van der Waals surface area contributed by atoms with Crippen molar-refractivity contribution in [2.24, 2.45) is 0 Å². The van der Waals surface area contributed by atoms with Crippen LogP contribution in [0.4, 0.5) is 0 Å². The molecule has 0 spiro atoms. The first-order valence-corrected chi connectivity index (χ1v) is 8.65. The van der Waals surface area contributed by atoms with Crippen LogP contribution < -0.4 is 4.74 Å². The maximum atomic E-state index is 12.0. The lowest BCUT2D eigenvalue weighted by molar-refractivity contribution is 0.0740. The minimum Gasteiger partial charge on any atom is -0.422 e. The van der Waals surface area contributed by atoms with Crippen LogP contribution in [0.5, 0.6) is 5.75 Å². The SMILES string of the molecule is N#C/C(=C/c1cccc(OC(=O)c2cccs2)c1)c1cccc(Cl)c1. The highest BCUT2D eigenvalue weighted by atomic mass is 35.5. The van der Waals surface area contributed by atoms with E-state index in [1.807, 2.05) is 17.5 Å². The van der Waals surface area contributed by atoms with Crippen molar-refractivity contribution >= 4 is 40.6 Å². The standard InChI is InChI=1S/C20H12ClNO2S/c21-17-6-2-5-15(12-17)16(13-22)10-14-4-1-7-18(11-14)24-20(23)19-8-3-9-25-19/h1-12H/b16-10-. The molecule has 0 amide bonds. The Bertz CT molecular complexity index is 971. The van der Waals surface area contributed by atoms with Crippen molar-refractivity contribution < 1.29 is 9.53 Å². The Morgan fingerprint density at radius 3 is 2.68 bits per heavy atom. The Hall–Kier alpha value is -2.87. The van der Waals surface area contributed by atoms with Gasteiger partial charge in [0.2, 0.25) is 0 Å². The van der Waals surface area contributed by atoms with Gasteiger partial charge >= 0.3 is 5.97 Å². The van der Waals surface area contributed by atoms with Gasteiger partial charge in [0, 0.05) is 5.02 Å². The number of benzene rings is 2. The molecule has 0 saturated heterocycles. The van der Waals surface area contributed by atoms with Crippen molar-refractivity contribution in [3.63, 3.8) is 0 Å². The molecule has 0 unspecified atom stereocenters. The number of nitriles is 1. The molecule has 0 aliphatic rings. The molecule has 0 atom stereocenters. The first-order chi connectivity index (χ1) is 12.2. The van der Waals surface area contributed by atoms with E-state index < -0.39 is 5.97 Å². The second-order valence-electron chi connectivity index (χ2n) is 5.12. The Labute approximate surface area is 154 Å². The lowest BCUT2D eigenvalue weighted by atomic mass is 10.0. The fourth-order valence-electron chi connectivity index (χ4n) is 2.22. The second kappa shape index (κ2) is 7.80. The third-order valence-corrected chi connectivity index (χ3v) is 4.44. The molecule has 0 aliphatic carbocycles. The Morgan fingerprint density at radius 2 is 1.96 bits per heavy atom. The topological polar surface area (TPSA) is 50.1 Å². The second-order valence-corrected chi connectivity index (χ2v) is 6.50.